The zero-order chi connectivity index (χ0) is 21.2. The maximum absolute atomic E-state index is 12.9. The van der Waals surface area contributed by atoms with Gasteiger partial charge in [0.05, 0.1) is 13.2 Å². The molecule has 0 saturated heterocycles. The molecule has 0 radical (unpaired) electrons. The minimum atomic E-state index is 0.0735. The number of amides is 2. The van der Waals surface area contributed by atoms with E-state index < -0.39 is 0 Å². The lowest BCUT2D eigenvalue weighted by atomic mass is 9.94. The third-order valence-corrected chi connectivity index (χ3v) is 6.04. The highest BCUT2D eigenvalue weighted by Crippen LogP contribution is 2.27. The fourth-order valence-corrected chi connectivity index (χ4v) is 4.37. The molecule has 0 unspecified atom stereocenters. The molecule has 1 saturated carbocycles. The first-order valence-corrected chi connectivity index (χ1v) is 11.6. The Morgan fingerprint density at radius 2 is 1.97 bits per heavy atom. The van der Waals surface area contributed by atoms with E-state index in [9.17, 15) is 9.59 Å². The molecule has 6 nitrogen and oxygen atoms in total. The van der Waals surface area contributed by atoms with Crippen LogP contribution >= 0.6 is 0 Å². The lowest BCUT2D eigenvalue weighted by Gasteiger charge is -2.34. The molecule has 30 heavy (non-hydrogen) atoms. The number of unbranched alkanes of at least 4 members (excludes halogenated alkanes) is 1. The van der Waals surface area contributed by atoms with E-state index in [1.165, 1.54) is 19.3 Å². The summed E-state index contributed by atoms with van der Waals surface area (Å²) in [5, 5.41) is 2.89. The quantitative estimate of drug-likeness (QED) is 0.546. The van der Waals surface area contributed by atoms with Crippen LogP contribution in [0.15, 0.2) is 18.2 Å². The Labute approximate surface area is 180 Å². The zero-order valence-corrected chi connectivity index (χ0v) is 18.3. The summed E-state index contributed by atoms with van der Waals surface area (Å²) in [6, 6.07) is 6.21. The lowest BCUT2D eigenvalue weighted by molar-refractivity contribution is -0.135. The van der Waals surface area contributed by atoms with Gasteiger partial charge in [0.25, 0.3) is 0 Å². The standard InChI is InChI=1S/C24H36N2O4/c1-2-29-17-15-26(20-8-4-3-5-9-20)24(28)10-6-7-16-30-21-12-13-22-19(18-21)11-14-23(27)25-22/h12-13,18,20H,2-11,14-17H2,1H3,(H,25,27). The van der Waals surface area contributed by atoms with Gasteiger partial charge < -0.3 is 19.7 Å². The molecule has 1 aliphatic carbocycles. The summed E-state index contributed by atoms with van der Waals surface area (Å²) >= 11 is 0. The largest absolute Gasteiger partial charge is 0.494 e. The number of benzene rings is 1. The van der Waals surface area contributed by atoms with Crippen LogP contribution in [-0.4, -0.2) is 49.1 Å². The van der Waals surface area contributed by atoms with E-state index in [0.717, 1.165) is 49.1 Å². The maximum atomic E-state index is 12.9. The number of ether oxygens (including phenoxy) is 2. The Hall–Kier alpha value is -2.08. The van der Waals surface area contributed by atoms with Gasteiger partial charge in [0, 0.05) is 37.7 Å². The van der Waals surface area contributed by atoms with Gasteiger partial charge in [-0.25, -0.2) is 0 Å². The number of aryl methyl sites for hydroxylation is 1. The van der Waals surface area contributed by atoms with Gasteiger partial charge in [-0.3, -0.25) is 9.59 Å². The topological polar surface area (TPSA) is 67.9 Å². The van der Waals surface area contributed by atoms with Crippen LogP contribution in [0.3, 0.4) is 0 Å². The summed E-state index contributed by atoms with van der Waals surface area (Å²) in [4.78, 5) is 26.4. The van der Waals surface area contributed by atoms with Crippen molar-refractivity contribution in [3.05, 3.63) is 23.8 Å². The number of fused-ring (bicyclic) bond motifs is 1. The minimum Gasteiger partial charge on any atom is -0.494 e. The van der Waals surface area contributed by atoms with Crippen molar-refractivity contribution in [1.29, 1.82) is 0 Å². The number of nitrogens with zero attached hydrogens (tertiary/aromatic N) is 1. The maximum Gasteiger partial charge on any atom is 0.224 e. The van der Waals surface area contributed by atoms with Gasteiger partial charge in [-0.05, 0) is 62.8 Å². The van der Waals surface area contributed by atoms with E-state index in [1.807, 2.05) is 25.1 Å². The molecule has 0 bridgehead atoms. The zero-order valence-electron chi connectivity index (χ0n) is 18.3. The average molecular weight is 417 g/mol. The summed E-state index contributed by atoms with van der Waals surface area (Å²) < 4.78 is 11.4. The summed E-state index contributed by atoms with van der Waals surface area (Å²) in [6.07, 6.45) is 9.52. The van der Waals surface area contributed by atoms with Crippen molar-refractivity contribution in [2.24, 2.45) is 0 Å². The second kappa shape index (κ2) is 11.9. The molecule has 1 fully saturated rings. The van der Waals surface area contributed by atoms with Gasteiger partial charge in [0.15, 0.2) is 0 Å². The average Bonchev–Trinajstić information content (AvgIpc) is 2.77. The summed E-state index contributed by atoms with van der Waals surface area (Å²) in [6.45, 7) is 4.62. The van der Waals surface area contributed by atoms with E-state index in [1.54, 1.807) is 0 Å². The number of nitrogens with one attached hydrogen (secondary N) is 1. The second-order valence-corrected chi connectivity index (χ2v) is 8.25. The molecule has 2 amide bonds. The van der Waals surface area contributed by atoms with E-state index in [4.69, 9.17) is 9.47 Å². The lowest BCUT2D eigenvalue weighted by Crippen LogP contribution is -2.43. The van der Waals surface area contributed by atoms with Gasteiger partial charge in [-0.2, -0.15) is 0 Å². The van der Waals surface area contributed by atoms with Gasteiger partial charge in [0.1, 0.15) is 5.75 Å². The third-order valence-electron chi connectivity index (χ3n) is 6.04. The predicted molar refractivity (Wildman–Crippen MR) is 118 cm³/mol. The molecule has 1 heterocycles. The molecular weight excluding hydrogens is 380 g/mol. The summed E-state index contributed by atoms with van der Waals surface area (Å²) in [5.74, 6) is 1.16. The molecule has 1 aromatic rings. The van der Waals surface area contributed by atoms with Crippen molar-refractivity contribution in [3.63, 3.8) is 0 Å². The molecule has 3 rings (SSSR count). The molecule has 0 atom stereocenters. The number of anilines is 1. The summed E-state index contributed by atoms with van der Waals surface area (Å²) in [5.41, 5.74) is 2.01. The van der Waals surface area contributed by atoms with Crippen molar-refractivity contribution >= 4 is 17.5 Å². The highest BCUT2D eigenvalue weighted by atomic mass is 16.5. The Kier molecular flexibility index (Phi) is 9.00. The van der Waals surface area contributed by atoms with Crippen LogP contribution < -0.4 is 10.1 Å². The van der Waals surface area contributed by atoms with Crippen molar-refractivity contribution in [1.82, 2.24) is 4.90 Å². The third kappa shape index (κ3) is 6.73. The number of carbonyl (C=O) groups is 2. The van der Waals surface area contributed by atoms with Crippen LogP contribution in [-0.2, 0) is 20.7 Å². The highest BCUT2D eigenvalue weighted by Gasteiger charge is 2.24. The van der Waals surface area contributed by atoms with Crippen LogP contribution in [0.25, 0.3) is 0 Å². The van der Waals surface area contributed by atoms with Crippen LogP contribution in [0.2, 0.25) is 0 Å². The van der Waals surface area contributed by atoms with E-state index in [0.29, 0.717) is 45.2 Å². The molecule has 2 aliphatic rings. The van der Waals surface area contributed by atoms with Gasteiger partial charge in [-0.15, -0.1) is 0 Å². The predicted octanol–water partition coefficient (Wildman–Crippen LogP) is 4.32. The molecule has 166 valence electrons. The SMILES string of the molecule is CCOCCN(C(=O)CCCCOc1ccc2c(c1)CCC(=O)N2)C1CCCCC1. The van der Waals surface area contributed by atoms with Gasteiger partial charge in [-0.1, -0.05) is 19.3 Å². The van der Waals surface area contributed by atoms with Crippen molar-refractivity contribution in [3.8, 4) is 5.75 Å². The first kappa shape index (κ1) is 22.6. The van der Waals surface area contributed by atoms with Crippen LogP contribution in [0, 0.1) is 0 Å². The van der Waals surface area contributed by atoms with E-state index in [2.05, 4.69) is 10.2 Å². The molecular formula is C24H36N2O4. The first-order valence-electron chi connectivity index (χ1n) is 11.6. The Morgan fingerprint density at radius 3 is 2.77 bits per heavy atom. The van der Waals surface area contributed by atoms with E-state index in [-0.39, 0.29) is 11.8 Å². The Bertz CT molecular complexity index is 700. The van der Waals surface area contributed by atoms with Crippen LogP contribution in [0.4, 0.5) is 5.69 Å². The van der Waals surface area contributed by atoms with E-state index >= 15 is 0 Å². The fraction of sp³-hybridized carbons (Fsp3) is 0.667. The number of carbonyl (C=O) groups excluding carboxylic acids is 2. The fourth-order valence-electron chi connectivity index (χ4n) is 4.37. The molecule has 0 aromatic heterocycles. The van der Waals surface area contributed by atoms with Gasteiger partial charge in [0.2, 0.25) is 11.8 Å². The Balaban J connectivity index is 1.39. The van der Waals surface area contributed by atoms with Crippen molar-refractivity contribution in [2.75, 3.05) is 31.7 Å². The number of rotatable bonds is 11. The monoisotopic (exact) mass is 416 g/mol. The van der Waals surface area contributed by atoms with Crippen molar-refractivity contribution < 1.29 is 19.1 Å². The number of hydrogen-bond acceptors (Lipinski definition) is 4. The van der Waals surface area contributed by atoms with Crippen molar-refractivity contribution in [2.45, 2.75) is 77.2 Å². The molecule has 1 N–H and O–H groups in total. The molecule has 1 aromatic carbocycles. The van der Waals surface area contributed by atoms with Crippen LogP contribution in [0.1, 0.15) is 70.3 Å². The van der Waals surface area contributed by atoms with Gasteiger partial charge >= 0.3 is 0 Å². The molecule has 1 aliphatic heterocycles. The first-order chi connectivity index (χ1) is 14.7. The highest BCUT2D eigenvalue weighted by molar-refractivity contribution is 5.94. The normalized spacial score (nSPS) is 16.6. The number of hydrogen-bond donors (Lipinski definition) is 1. The van der Waals surface area contributed by atoms with Crippen LogP contribution in [0.5, 0.6) is 5.75 Å². The second-order valence-electron chi connectivity index (χ2n) is 8.25. The molecule has 0 spiro atoms. The minimum absolute atomic E-state index is 0.0735. The molecule has 6 heteroatoms. The Morgan fingerprint density at radius 1 is 1.13 bits per heavy atom. The summed E-state index contributed by atoms with van der Waals surface area (Å²) in [7, 11) is 0. The smallest absolute Gasteiger partial charge is 0.224 e.